The molecule has 0 aliphatic carbocycles. The topological polar surface area (TPSA) is 0 Å². The van der Waals surface area contributed by atoms with Crippen molar-refractivity contribution in [3.05, 3.63) is 103 Å². The molecule has 0 bridgehead atoms. The normalized spacial score (nSPS) is 21.0. The molecule has 0 saturated carbocycles. The smallest absolute Gasteiger partial charge is 0.0686 e. The lowest BCUT2D eigenvalue weighted by Gasteiger charge is -2.16. The van der Waals surface area contributed by atoms with Gasteiger partial charge in [0.05, 0.1) is 23.3 Å². The summed E-state index contributed by atoms with van der Waals surface area (Å²) in [7, 11) is 0. The van der Waals surface area contributed by atoms with Crippen LogP contribution in [0.5, 0.6) is 0 Å². The maximum absolute atomic E-state index is 9.46. The van der Waals surface area contributed by atoms with E-state index in [1.54, 1.807) is 0 Å². The molecule has 1 aliphatic rings. The molecule has 132 valence electrons. The molecule has 0 amide bonds. The predicted molar refractivity (Wildman–Crippen MR) is 127 cm³/mol. The molecule has 0 unspecified atom stereocenters. The third-order valence-electron chi connectivity index (χ3n) is 5.38. The van der Waals surface area contributed by atoms with Crippen molar-refractivity contribution in [1.82, 2.24) is 0 Å². The van der Waals surface area contributed by atoms with Crippen LogP contribution in [0.2, 0.25) is 0 Å². The van der Waals surface area contributed by atoms with Crippen LogP contribution in [0.25, 0.3) is 43.4 Å². The molecule has 1 heteroatoms. The largest absolute Gasteiger partial charge is 0.242 e. The van der Waals surface area contributed by atoms with Gasteiger partial charge in [0.1, 0.15) is 0 Å². The Hall–Kier alpha value is -3.58. The van der Waals surface area contributed by atoms with Gasteiger partial charge in [-0.25, -0.2) is 0 Å². The van der Waals surface area contributed by atoms with Crippen LogP contribution in [0.3, 0.4) is 0 Å². The summed E-state index contributed by atoms with van der Waals surface area (Å²) in [5, 5.41) is -1.08. The second kappa shape index (κ2) is 5.49. The summed E-state index contributed by atoms with van der Waals surface area (Å²) in [5.41, 5.74) is -1.15. The first-order valence-corrected chi connectivity index (χ1v) is 8.87. The van der Waals surface area contributed by atoms with Crippen molar-refractivity contribution in [3.8, 4) is 11.1 Å². The van der Waals surface area contributed by atoms with Gasteiger partial charge in [-0.15, -0.1) is 0 Å². The standard InChI is InChI=1S/C28H17B/c1-2-9-21(10-3-1)29-24-12-5-4-11-22(24)28-23-16-15-19-8-6-7-18-13-14-20(17-25(28)29)27(23)26(18)19/h1-17H/i1D,2D,3D,4D,5D,6D,7D,8D,9D,10D,11D,12D,13D,14D,15D,16D,17D. The van der Waals surface area contributed by atoms with E-state index in [2.05, 4.69) is 0 Å². The van der Waals surface area contributed by atoms with Gasteiger partial charge in [-0.1, -0.05) is 119 Å². The second-order valence-corrected chi connectivity index (χ2v) is 6.80. The maximum atomic E-state index is 9.46. The lowest BCUT2D eigenvalue weighted by Crippen LogP contribution is -2.48. The van der Waals surface area contributed by atoms with Crippen LogP contribution in [0.1, 0.15) is 23.3 Å². The van der Waals surface area contributed by atoms with Crippen LogP contribution >= 0.6 is 0 Å². The molecule has 0 aromatic heterocycles. The van der Waals surface area contributed by atoms with Crippen molar-refractivity contribution in [2.75, 3.05) is 0 Å². The summed E-state index contributed by atoms with van der Waals surface area (Å²) in [4.78, 5) is 0. The first kappa shape index (κ1) is 6.47. The van der Waals surface area contributed by atoms with Crippen LogP contribution in [-0.4, -0.2) is 6.71 Å². The third-order valence-corrected chi connectivity index (χ3v) is 5.38. The molecule has 6 aromatic rings. The fourth-order valence-electron chi connectivity index (χ4n) is 4.26. The summed E-state index contributed by atoms with van der Waals surface area (Å²) >= 11 is 0. The van der Waals surface area contributed by atoms with E-state index in [1.807, 2.05) is 0 Å². The van der Waals surface area contributed by atoms with Gasteiger partial charge in [-0.3, -0.25) is 0 Å². The molecular formula is C28H17B. The Balaban J connectivity index is 1.88. The summed E-state index contributed by atoms with van der Waals surface area (Å²) in [6.07, 6.45) is 0. The lowest BCUT2D eigenvalue weighted by atomic mass is 9.39. The molecule has 7 rings (SSSR count). The molecule has 6 aromatic carbocycles. The van der Waals surface area contributed by atoms with E-state index in [-0.39, 0.29) is 54.4 Å². The van der Waals surface area contributed by atoms with Crippen molar-refractivity contribution < 1.29 is 23.3 Å². The quantitative estimate of drug-likeness (QED) is 0.275. The summed E-state index contributed by atoms with van der Waals surface area (Å²) in [6, 6.07) is -10.7. The maximum Gasteiger partial charge on any atom is 0.242 e. The third kappa shape index (κ3) is 1.95. The zero-order valence-corrected chi connectivity index (χ0v) is 14.6. The molecule has 0 atom stereocenters. The van der Waals surface area contributed by atoms with Crippen LogP contribution in [0.4, 0.5) is 0 Å². The van der Waals surface area contributed by atoms with Gasteiger partial charge in [0.2, 0.25) is 6.71 Å². The van der Waals surface area contributed by atoms with Gasteiger partial charge in [-0.05, 0) is 43.4 Å². The Labute approximate surface area is 193 Å². The average Bonchev–Trinajstić information content (AvgIpc) is 3.37. The number of benzene rings is 6. The Morgan fingerprint density at radius 2 is 1.28 bits per heavy atom. The predicted octanol–water partition coefficient (Wildman–Crippen LogP) is 5.08. The first-order chi connectivity index (χ1) is 21.5. The van der Waals surface area contributed by atoms with Crippen LogP contribution in [0, 0.1) is 0 Å². The Kier molecular flexibility index (Phi) is 1.22. The van der Waals surface area contributed by atoms with E-state index in [1.165, 1.54) is 0 Å². The van der Waals surface area contributed by atoms with Gasteiger partial charge in [0.25, 0.3) is 0 Å². The summed E-state index contributed by atoms with van der Waals surface area (Å²) < 4.78 is 148. The van der Waals surface area contributed by atoms with E-state index >= 15 is 0 Å². The Morgan fingerprint density at radius 1 is 0.552 bits per heavy atom. The van der Waals surface area contributed by atoms with Crippen LogP contribution in [-0.2, 0) is 0 Å². The fraction of sp³-hybridized carbons (Fsp3) is 0. The van der Waals surface area contributed by atoms with Gasteiger partial charge >= 0.3 is 0 Å². The van der Waals surface area contributed by atoms with E-state index in [9.17, 15) is 1.37 Å². The number of hydrogen-bond donors (Lipinski definition) is 0. The molecule has 1 aliphatic heterocycles. The van der Waals surface area contributed by atoms with Gasteiger partial charge in [0, 0.05) is 0 Å². The number of rotatable bonds is 1. The van der Waals surface area contributed by atoms with Crippen LogP contribution < -0.4 is 16.4 Å². The molecule has 0 N–H and O–H groups in total. The van der Waals surface area contributed by atoms with Gasteiger partial charge in [0.15, 0.2) is 0 Å². The molecule has 1 heterocycles. The van der Waals surface area contributed by atoms with Gasteiger partial charge in [-0.2, -0.15) is 0 Å². The molecule has 0 nitrogen and oxygen atoms in total. The van der Waals surface area contributed by atoms with Crippen molar-refractivity contribution in [2.45, 2.75) is 0 Å². The van der Waals surface area contributed by atoms with Crippen molar-refractivity contribution in [2.24, 2.45) is 0 Å². The number of fused-ring (bicyclic) bond motifs is 4. The Morgan fingerprint density at radius 3 is 2.14 bits per heavy atom. The van der Waals surface area contributed by atoms with E-state index in [0.717, 1.165) is 0 Å². The van der Waals surface area contributed by atoms with Crippen molar-refractivity contribution in [3.63, 3.8) is 0 Å². The molecule has 29 heavy (non-hydrogen) atoms. The molecule has 0 spiro atoms. The zero-order chi connectivity index (χ0) is 33.7. The van der Waals surface area contributed by atoms with Crippen LogP contribution in [0.15, 0.2) is 103 Å². The van der Waals surface area contributed by atoms with Gasteiger partial charge < -0.3 is 0 Å². The van der Waals surface area contributed by atoms with E-state index in [4.69, 9.17) is 21.9 Å². The lowest BCUT2D eigenvalue weighted by molar-refractivity contribution is 1.74. The van der Waals surface area contributed by atoms with Crippen molar-refractivity contribution >= 4 is 55.4 Å². The SMILES string of the molecule is [2H]c1c([2H])c([2H])c(B2c3c([2H])c([2H])c([2H])c([2H])c3-c3c2c([2H])c2c([2H])c([2H])c4c([2H])c([2H])c([2H])c5c([2H])c([2H])c3c2c45)c([2H])c1[2H]. The first-order valence-electron chi connectivity index (χ1n) is 17.4. The van der Waals surface area contributed by atoms with E-state index < -0.39 is 115 Å². The highest BCUT2D eigenvalue weighted by Crippen LogP contribution is 2.39. The summed E-state index contributed by atoms with van der Waals surface area (Å²) in [5.74, 6) is 0. The molecule has 0 radical (unpaired) electrons. The highest BCUT2D eigenvalue weighted by atomic mass is 14.2. The minimum atomic E-state index is -1.57. The highest BCUT2D eigenvalue weighted by molar-refractivity contribution is 6.99. The number of hydrogen-bond acceptors (Lipinski definition) is 0. The van der Waals surface area contributed by atoms with E-state index in [0.29, 0.717) is 0 Å². The molecule has 0 fully saturated rings. The fourth-order valence-corrected chi connectivity index (χ4v) is 4.26. The monoisotopic (exact) mass is 381 g/mol. The summed E-state index contributed by atoms with van der Waals surface area (Å²) in [6.45, 7) is -1.57. The average molecular weight is 381 g/mol. The minimum absolute atomic E-state index is 0.0715. The highest BCUT2D eigenvalue weighted by Gasteiger charge is 2.34. The molecular weight excluding hydrogens is 347 g/mol. The Bertz CT molecular complexity index is 2400. The molecule has 0 saturated heterocycles. The second-order valence-electron chi connectivity index (χ2n) is 6.80. The zero-order valence-electron chi connectivity index (χ0n) is 31.6. The minimum Gasteiger partial charge on any atom is -0.0686 e. The van der Waals surface area contributed by atoms with Crippen molar-refractivity contribution in [1.29, 1.82) is 0 Å².